The SMILES string of the molecule is CCC(CC)C(=O)N(CCOC)C(C)[C@H]1CC[C@@]2(O)C3=CC(=O)[C@@H]4C[C@@H](O)[C@@H](O)C[C@]4(C)C3CC[C@]12C. The van der Waals surface area contributed by atoms with E-state index in [0.717, 1.165) is 37.7 Å². The van der Waals surface area contributed by atoms with E-state index < -0.39 is 28.6 Å². The van der Waals surface area contributed by atoms with Gasteiger partial charge in [0.1, 0.15) is 0 Å². The third-order valence-corrected chi connectivity index (χ3v) is 11.4. The molecule has 0 aromatic rings. The van der Waals surface area contributed by atoms with E-state index in [1.165, 1.54) is 0 Å². The number of rotatable bonds is 8. The fourth-order valence-electron chi connectivity index (χ4n) is 8.98. The number of amides is 1. The van der Waals surface area contributed by atoms with Crippen molar-refractivity contribution < 1.29 is 29.6 Å². The van der Waals surface area contributed by atoms with Crippen molar-refractivity contribution in [2.24, 2.45) is 34.5 Å². The maximum Gasteiger partial charge on any atom is 0.225 e. The Labute approximate surface area is 222 Å². The van der Waals surface area contributed by atoms with E-state index in [4.69, 9.17) is 4.74 Å². The summed E-state index contributed by atoms with van der Waals surface area (Å²) >= 11 is 0. The zero-order valence-corrected chi connectivity index (χ0v) is 23.7. The lowest BCUT2D eigenvalue weighted by Crippen LogP contribution is -2.62. The van der Waals surface area contributed by atoms with Crippen molar-refractivity contribution in [1.29, 1.82) is 0 Å². The lowest BCUT2D eigenvalue weighted by molar-refractivity contribution is -0.155. The van der Waals surface area contributed by atoms with Crippen molar-refractivity contribution in [3.05, 3.63) is 11.6 Å². The second-order valence-corrected chi connectivity index (χ2v) is 12.9. The molecule has 0 aliphatic heterocycles. The molecule has 0 aromatic heterocycles. The Balaban J connectivity index is 1.67. The van der Waals surface area contributed by atoms with Crippen LogP contribution in [0, 0.1) is 34.5 Å². The number of aliphatic hydroxyl groups is 3. The first-order valence-corrected chi connectivity index (χ1v) is 14.5. The van der Waals surface area contributed by atoms with Gasteiger partial charge < -0.3 is 25.0 Å². The Hall–Kier alpha value is -1.28. The van der Waals surface area contributed by atoms with Gasteiger partial charge in [-0.15, -0.1) is 0 Å². The average Bonchev–Trinajstić information content (AvgIpc) is 3.13. The molecule has 0 spiro atoms. The minimum absolute atomic E-state index is 0.000251. The molecule has 0 aromatic carbocycles. The highest BCUT2D eigenvalue weighted by atomic mass is 16.5. The summed E-state index contributed by atoms with van der Waals surface area (Å²) in [7, 11) is 1.66. The van der Waals surface area contributed by atoms with Gasteiger partial charge in [-0.3, -0.25) is 9.59 Å². The topological polar surface area (TPSA) is 107 Å². The maximum atomic E-state index is 13.6. The summed E-state index contributed by atoms with van der Waals surface area (Å²) in [5.41, 5.74) is -1.23. The second kappa shape index (κ2) is 10.4. The van der Waals surface area contributed by atoms with E-state index in [0.29, 0.717) is 26.0 Å². The van der Waals surface area contributed by atoms with E-state index in [1.54, 1.807) is 13.2 Å². The molecule has 37 heavy (non-hydrogen) atoms. The van der Waals surface area contributed by atoms with Crippen LogP contribution in [0.2, 0.25) is 0 Å². The van der Waals surface area contributed by atoms with Crippen LogP contribution >= 0.6 is 0 Å². The summed E-state index contributed by atoms with van der Waals surface area (Å²) in [4.78, 5) is 29.0. The first-order chi connectivity index (χ1) is 17.4. The minimum Gasteiger partial charge on any atom is -0.390 e. The van der Waals surface area contributed by atoms with Gasteiger partial charge in [-0.05, 0) is 87.2 Å². The normalized spacial score (nSPS) is 42.1. The molecule has 4 aliphatic rings. The van der Waals surface area contributed by atoms with Crippen LogP contribution in [0.15, 0.2) is 11.6 Å². The zero-order chi connectivity index (χ0) is 27.3. The first-order valence-electron chi connectivity index (χ1n) is 14.5. The molecule has 1 amide bonds. The number of hydrogen-bond acceptors (Lipinski definition) is 6. The third-order valence-electron chi connectivity index (χ3n) is 11.4. The highest BCUT2D eigenvalue weighted by Crippen LogP contribution is 2.67. The van der Waals surface area contributed by atoms with Gasteiger partial charge in [0.2, 0.25) is 5.91 Å². The Morgan fingerprint density at radius 2 is 1.81 bits per heavy atom. The molecule has 4 aliphatic carbocycles. The quantitative estimate of drug-likeness (QED) is 0.453. The fourth-order valence-corrected chi connectivity index (χ4v) is 8.98. The van der Waals surface area contributed by atoms with Crippen LogP contribution in [0.3, 0.4) is 0 Å². The van der Waals surface area contributed by atoms with Crippen molar-refractivity contribution in [2.45, 2.75) is 110 Å². The van der Waals surface area contributed by atoms with Gasteiger partial charge in [0, 0.05) is 36.9 Å². The van der Waals surface area contributed by atoms with Gasteiger partial charge in [-0.25, -0.2) is 0 Å². The molecule has 2 unspecified atom stereocenters. The van der Waals surface area contributed by atoms with Gasteiger partial charge in [0.15, 0.2) is 5.78 Å². The van der Waals surface area contributed by atoms with Gasteiger partial charge in [0.25, 0.3) is 0 Å². The predicted molar refractivity (Wildman–Crippen MR) is 142 cm³/mol. The Kier molecular flexibility index (Phi) is 8.04. The van der Waals surface area contributed by atoms with E-state index in [2.05, 4.69) is 34.6 Å². The predicted octanol–water partition coefficient (Wildman–Crippen LogP) is 3.49. The number of hydrogen-bond donors (Lipinski definition) is 3. The summed E-state index contributed by atoms with van der Waals surface area (Å²) < 4.78 is 5.37. The molecule has 0 saturated heterocycles. The Morgan fingerprint density at radius 3 is 2.43 bits per heavy atom. The van der Waals surface area contributed by atoms with Gasteiger partial charge in [0.05, 0.1) is 24.4 Å². The van der Waals surface area contributed by atoms with Crippen molar-refractivity contribution in [2.75, 3.05) is 20.3 Å². The molecule has 0 radical (unpaired) electrons. The summed E-state index contributed by atoms with van der Waals surface area (Å²) in [6.45, 7) is 11.5. The highest BCUT2D eigenvalue weighted by molar-refractivity contribution is 5.95. The lowest BCUT2D eigenvalue weighted by Gasteiger charge is -2.60. The lowest BCUT2D eigenvalue weighted by atomic mass is 9.46. The number of nitrogens with zero attached hydrogens (tertiary/aromatic N) is 1. The monoisotopic (exact) mass is 519 g/mol. The molecular weight excluding hydrogens is 470 g/mol. The van der Waals surface area contributed by atoms with Crippen LogP contribution in [-0.2, 0) is 14.3 Å². The molecule has 4 rings (SSSR count). The van der Waals surface area contributed by atoms with E-state index >= 15 is 0 Å². The molecule has 3 saturated carbocycles. The van der Waals surface area contributed by atoms with Crippen molar-refractivity contribution >= 4 is 11.7 Å². The minimum atomic E-state index is -1.12. The smallest absolute Gasteiger partial charge is 0.225 e. The van der Waals surface area contributed by atoms with Gasteiger partial charge in [-0.2, -0.15) is 0 Å². The van der Waals surface area contributed by atoms with Crippen LogP contribution in [0.1, 0.15) is 86.0 Å². The number of ketones is 1. The number of allylic oxidation sites excluding steroid dienone is 1. The molecular formula is C30H49NO6. The number of carbonyl (C=O) groups excluding carboxylic acids is 2. The fraction of sp³-hybridized carbons (Fsp3) is 0.867. The molecule has 9 atom stereocenters. The third kappa shape index (κ3) is 4.32. The van der Waals surface area contributed by atoms with Crippen LogP contribution in [0.25, 0.3) is 0 Å². The number of fused-ring (bicyclic) bond motifs is 5. The van der Waals surface area contributed by atoms with E-state index in [1.807, 2.05) is 4.90 Å². The van der Waals surface area contributed by atoms with Crippen LogP contribution in [0.4, 0.5) is 0 Å². The molecule has 3 fully saturated rings. The number of methoxy groups -OCH3 is 1. The van der Waals surface area contributed by atoms with Crippen LogP contribution < -0.4 is 0 Å². The summed E-state index contributed by atoms with van der Waals surface area (Å²) in [5, 5.41) is 33.3. The van der Waals surface area contributed by atoms with Gasteiger partial charge >= 0.3 is 0 Å². The molecule has 3 N–H and O–H groups in total. The van der Waals surface area contributed by atoms with Crippen LogP contribution in [0.5, 0.6) is 0 Å². The van der Waals surface area contributed by atoms with E-state index in [9.17, 15) is 24.9 Å². The largest absolute Gasteiger partial charge is 0.390 e. The second-order valence-electron chi connectivity index (χ2n) is 12.9. The maximum absolute atomic E-state index is 13.6. The molecule has 7 heteroatoms. The van der Waals surface area contributed by atoms with E-state index in [-0.39, 0.29) is 47.8 Å². The van der Waals surface area contributed by atoms with Crippen molar-refractivity contribution in [3.63, 3.8) is 0 Å². The Bertz CT molecular complexity index is 916. The summed E-state index contributed by atoms with van der Waals surface area (Å²) in [6.07, 6.45) is 5.20. The van der Waals surface area contributed by atoms with Gasteiger partial charge in [-0.1, -0.05) is 27.7 Å². The molecule has 210 valence electrons. The molecule has 0 bridgehead atoms. The number of ether oxygens (including phenoxy) is 1. The van der Waals surface area contributed by atoms with Crippen molar-refractivity contribution in [3.8, 4) is 0 Å². The standard InChI is InChI=1S/C30H49NO6/c1-7-19(8-2)27(35)31(13-14-37-6)18(3)20-10-12-30(36)22-15-24(32)23-16-25(33)26(34)17-28(23,4)21(22)9-11-29(20,30)5/h15,18-21,23,25-26,33-34,36H,7-14,16-17H2,1-6H3/t18?,20-,21?,23+,25-,26+,28-,29-,30-/m1/s1. The highest BCUT2D eigenvalue weighted by Gasteiger charge is 2.67. The first kappa shape index (κ1) is 28.7. The summed E-state index contributed by atoms with van der Waals surface area (Å²) in [5.74, 6) is -0.120. The molecule has 7 nitrogen and oxygen atoms in total. The van der Waals surface area contributed by atoms with Crippen LogP contribution in [-0.4, -0.2) is 76.0 Å². The zero-order valence-electron chi connectivity index (χ0n) is 23.7. The number of aliphatic hydroxyl groups excluding tert-OH is 2. The molecule has 0 heterocycles. The number of carbonyl (C=O) groups is 2. The Morgan fingerprint density at radius 1 is 1.14 bits per heavy atom. The average molecular weight is 520 g/mol. The summed E-state index contributed by atoms with van der Waals surface area (Å²) in [6, 6.07) is -0.0614. The van der Waals surface area contributed by atoms with Crippen molar-refractivity contribution in [1.82, 2.24) is 4.90 Å².